The second kappa shape index (κ2) is 10.5. The van der Waals surface area contributed by atoms with Crippen LogP contribution in [0.2, 0.25) is 0 Å². The van der Waals surface area contributed by atoms with Crippen molar-refractivity contribution in [1.29, 1.82) is 0 Å². The van der Waals surface area contributed by atoms with Gasteiger partial charge in [0, 0.05) is 17.8 Å². The highest BCUT2D eigenvalue weighted by molar-refractivity contribution is 7.92. The number of methoxy groups -OCH3 is 1. The fraction of sp³-hybridized carbons (Fsp3) is 0.208. The van der Waals surface area contributed by atoms with Crippen LogP contribution in [-0.4, -0.2) is 28.0 Å². The zero-order valence-electron chi connectivity index (χ0n) is 18.8. The average Bonchev–Trinajstić information content (AvgIpc) is 2.79. The van der Waals surface area contributed by atoms with Crippen molar-refractivity contribution >= 4 is 21.6 Å². The van der Waals surface area contributed by atoms with Gasteiger partial charge in [-0.2, -0.15) is 8.78 Å². The summed E-state index contributed by atoms with van der Waals surface area (Å²) in [6.45, 7) is 0.873. The van der Waals surface area contributed by atoms with Crippen LogP contribution in [0.5, 0.6) is 11.5 Å². The van der Waals surface area contributed by atoms with Gasteiger partial charge in [0.15, 0.2) is 11.5 Å². The van der Waals surface area contributed by atoms with Crippen LogP contribution in [-0.2, 0) is 16.6 Å². The number of hydrogen-bond acceptors (Lipinski definition) is 5. The molecule has 10 heteroatoms. The number of benzene rings is 3. The van der Waals surface area contributed by atoms with Crippen LogP contribution in [0.4, 0.5) is 14.5 Å². The smallest absolute Gasteiger partial charge is 0.387 e. The number of rotatable bonds is 9. The van der Waals surface area contributed by atoms with E-state index in [9.17, 15) is 22.0 Å². The van der Waals surface area contributed by atoms with Crippen molar-refractivity contribution in [2.75, 3.05) is 11.8 Å². The third-order valence-corrected chi connectivity index (χ3v) is 6.46. The summed E-state index contributed by atoms with van der Waals surface area (Å²) in [6, 6.07) is 15.2. The number of carbonyl (C=O) groups is 1. The van der Waals surface area contributed by atoms with E-state index in [0.29, 0.717) is 16.8 Å². The zero-order chi connectivity index (χ0) is 24.9. The predicted molar refractivity (Wildman–Crippen MR) is 124 cm³/mol. The average molecular weight is 491 g/mol. The summed E-state index contributed by atoms with van der Waals surface area (Å²) in [6.07, 6.45) is 0. The molecule has 0 unspecified atom stereocenters. The second-order valence-electron chi connectivity index (χ2n) is 7.48. The van der Waals surface area contributed by atoms with Gasteiger partial charge in [0.2, 0.25) is 0 Å². The van der Waals surface area contributed by atoms with Gasteiger partial charge in [-0.25, -0.2) is 8.42 Å². The second-order valence-corrected chi connectivity index (χ2v) is 9.16. The van der Waals surface area contributed by atoms with E-state index in [2.05, 4.69) is 14.8 Å². The molecule has 0 atom stereocenters. The first-order chi connectivity index (χ1) is 16.1. The molecule has 0 saturated carbocycles. The van der Waals surface area contributed by atoms with Gasteiger partial charge in [0.05, 0.1) is 12.0 Å². The van der Waals surface area contributed by atoms with E-state index < -0.39 is 22.5 Å². The van der Waals surface area contributed by atoms with Crippen LogP contribution >= 0.6 is 0 Å². The Morgan fingerprint density at radius 1 is 0.941 bits per heavy atom. The number of ether oxygens (including phenoxy) is 2. The molecule has 1 amide bonds. The third kappa shape index (κ3) is 6.22. The van der Waals surface area contributed by atoms with Crippen molar-refractivity contribution < 1.29 is 31.5 Å². The number of alkyl halides is 2. The summed E-state index contributed by atoms with van der Waals surface area (Å²) >= 11 is 0. The fourth-order valence-corrected chi connectivity index (χ4v) is 4.23. The van der Waals surface area contributed by atoms with Crippen LogP contribution in [0.25, 0.3) is 0 Å². The molecule has 0 radical (unpaired) electrons. The van der Waals surface area contributed by atoms with E-state index in [4.69, 9.17) is 4.74 Å². The Kier molecular flexibility index (Phi) is 7.72. The molecule has 3 rings (SSSR count). The lowest BCUT2D eigenvalue weighted by atomic mass is 10.1. The van der Waals surface area contributed by atoms with Gasteiger partial charge in [-0.3, -0.25) is 9.52 Å². The van der Waals surface area contributed by atoms with Crippen LogP contribution in [0.3, 0.4) is 0 Å². The SMILES string of the molecule is COc1cc(CNC(=O)c2ccc(NS(=O)(=O)c3ccc(C)c(C)c3)cc2)ccc1OC(F)F. The van der Waals surface area contributed by atoms with Crippen LogP contribution < -0.4 is 19.5 Å². The molecule has 3 aromatic rings. The monoisotopic (exact) mass is 490 g/mol. The molecule has 0 fully saturated rings. The summed E-state index contributed by atoms with van der Waals surface area (Å²) in [5.41, 5.74) is 3.10. The highest BCUT2D eigenvalue weighted by Gasteiger charge is 2.16. The number of hydrogen-bond donors (Lipinski definition) is 2. The van der Waals surface area contributed by atoms with Gasteiger partial charge in [-0.05, 0) is 79.1 Å². The first kappa shape index (κ1) is 25.0. The van der Waals surface area contributed by atoms with Crippen molar-refractivity contribution in [3.63, 3.8) is 0 Å². The predicted octanol–water partition coefficient (Wildman–Crippen LogP) is 4.64. The number of carbonyl (C=O) groups excluding carboxylic acids is 1. The lowest BCUT2D eigenvalue weighted by Gasteiger charge is -2.12. The first-order valence-electron chi connectivity index (χ1n) is 10.2. The lowest BCUT2D eigenvalue weighted by molar-refractivity contribution is -0.0512. The van der Waals surface area contributed by atoms with Crippen molar-refractivity contribution in [2.45, 2.75) is 31.9 Å². The third-order valence-electron chi connectivity index (χ3n) is 5.09. The van der Waals surface area contributed by atoms with Crippen molar-refractivity contribution in [3.05, 3.63) is 82.9 Å². The molecule has 0 aliphatic heterocycles. The number of anilines is 1. The van der Waals surface area contributed by atoms with Gasteiger partial charge in [-0.15, -0.1) is 0 Å². The number of nitrogens with one attached hydrogen (secondary N) is 2. The highest BCUT2D eigenvalue weighted by atomic mass is 32.2. The molecular weight excluding hydrogens is 466 g/mol. The van der Waals surface area contributed by atoms with E-state index in [1.165, 1.54) is 55.6 Å². The van der Waals surface area contributed by atoms with Crippen molar-refractivity contribution in [2.24, 2.45) is 0 Å². The van der Waals surface area contributed by atoms with E-state index in [1.807, 2.05) is 13.8 Å². The topological polar surface area (TPSA) is 93.7 Å². The largest absolute Gasteiger partial charge is 0.493 e. The molecule has 180 valence electrons. The van der Waals surface area contributed by atoms with E-state index in [-0.39, 0.29) is 22.9 Å². The minimum Gasteiger partial charge on any atom is -0.493 e. The molecule has 0 heterocycles. The van der Waals surface area contributed by atoms with Gasteiger partial charge < -0.3 is 14.8 Å². The molecular formula is C24H24F2N2O5S. The minimum absolute atomic E-state index is 0.105. The molecule has 34 heavy (non-hydrogen) atoms. The summed E-state index contributed by atoms with van der Waals surface area (Å²) in [7, 11) is -2.44. The van der Waals surface area contributed by atoms with Gasteiger partial charge in [0.25, 0.3) is 15.9 Å². The normalized spacial score (nSPS) is 11.2. The first-order valence-corrected chi connectivity index (χ1v) is 11.7. The van der Waals surface area contributed by atoms with Crippen LogP contribution in [0.15, 0.2) is 65.6 Å². The Hall–Kier alpha value is -3.66. The summed E-state index contributed by atoms with van der Waals surface area (Å²) in [5, 5.41) is 2.71. The molecule has 2 N–H and O–H groups in total. The molecule has 0 saturated heterocycles. The summed E-state index contributed by atoms with van der Waals surface area (Å²) in [5.74, 6) is -0.380. The minimum atomic E-state index is -3.77. The Morgan fingerprint density at radius 2 is 1.65 bits per heavy atom. The molecule has 0 aliphatic rings. The van der Waals surface area contributed by atoms with Crippen molar-refractivity contribution in [3.8, 4) is 11.5 Å². The quantitative estimate of drug-likeness (QED) is 0.456. The Morgan fingerprint density at radius 3 is 2.26 bits per heavy atom. The number of amides is 1. The van der Waals surface area contributed by atoms with Gasteiger partial charge in [0.1, 0.15) is 0 Å². The molecule has 3 aromatic carbocycles. The van der Waals surface area contributed by atoms with Crippen LogP contribution in [0.1, 0.15) is 27.0 Å². The molecule has 0 aromatic heterocycles. The van der Waals surface area contributed by atoms with E-state index in [0.717, 1.165) is 11.1 Å². The molecule has 0 bridgehead atoms. The standard InChI is InChI=1S/C24H24F2N2O5S/c1-15-4-10-20(12-16(15)2)34(30,31)28-19-8-6-18(7-9-19)23(29)27-14-17-5-11-21(33-24(25)26)22(13-17)32-3/h4-13,24,28H,14H2,1-3H3,(H,27,29). The fourth-order valence-electron chi connectivity index (χ4n) is 3.08. The number of aryl methyl sites for hydroxylation is 2. The van der Waals surface area contributed by atoms with Crippen molar-refractivity contribution in [1.82, 2.24) is 5.32 Å². The Balaban J connectivity index is 1.63. The van der Waals surface area contributed by atoms with Gasteiger partial charge >= 0.3 is 6.61 Å². The maximum absolute atomic E-state index is 12.6. The number of sulfonamides is 1. The summed E-state index contributed by atoms with van der Waals surface area (Å²) in [4.78, 5) is 12.6. The molecule has 0 spiro atoms. The summed E-state index contributed by atoms with van der Waals surface area (Å²) < 4.78 is 62.1. The lowest BCUT2D eigenvalue weighted by Crippen LogP contribution is -2.22. The van der Waals surface area contributed by atoms with E-state index in [1.54, 1.807) is 12.1 Å². The molecule has 7 nitrogen and oxygen atoms in total. The number of halogens is 2. The molecule has 0 aliphatic carbocycles. The van der Waals surface area contributed by atoms with E-state index >= 15 is 0 Å². The van der Waals surface area contributed by atoms with Gasteiger partial charge in [-0.1, -0.05) is 12.1 Å². The maximum Gasteiger partial charge on any atom is 0.387 e. The Bertz CT molecular complexity index is 1280. The Labute approximate surface area is 196 Å². The zero-order valence-corrected chi connectivity index (χ0v) is 19.6. The van der Waals surface area contributed by atoms with Crippen LogP contribution in [0, 0.1) is 13.8 Å². The highest BCUT2D eigenvalue weighted by Crippen LogP contribution is 2.29. The maximum atomic E-state index is 12.6.